The molecule has 0 fully saturated rings. The van der Waals surface area contributed by atoms with Crippen LogP contribution in [0, 0.1) is 0 Å². The number of rotatable bonds is 3. The first-order valence-electron chi connectivity index (χ1n) is 5.44. The molecular formula is C14H11Cl2NO. The van der Waals surface area contributed by atoms with Gasteiger partial charge in [0.2, 0.25) is 5.91 Å². The normalized spacial score (nSPS) is 10.1. The second-order valence-corrected chi connectivity index (χ2v) is 4.67. The number of para-hydroxylation sites is 1. The fraction of sp³-hybridized carbons (Fsp3) is 0.0714. The molecule has 0 radical (unpaired) electrons. The van der Waals surface area contributed by atoms with E-state index in [9.17, 15) is 4.79 Å². The number of carbonyl (C=O) groups is 1. The molecule has 0 saturated carbocycles. The van der Waals surface area contributed by atoms with Gasteiger partial charge in [0.1, 0.15) is 0 Å². The van der Waals surface area contributed by atoms with Crippen molar-refractivity contribution in [2.75, 3.05) is 5.32 Å². The minimum absolute atomic E-state index is 0.106. The zero-order valence-electron chi connectivity index (χ0n) is 9.49. The van der Waals surface area contributed by atoms with Crippen LogP contribution < -0.4 is 5.32 Å². The van der Waals surface area contributed by atoms with Crippen molar-refractivity contribution in [1.29, 1.82) is 0 Å². The molecule has 0 atom stereocenters. The number of nitrogens with one attached hydrogen (secondary N) is 1. The Kier molecular flexibility index (Phi) is 4.24. The first-order valence-corrected chi connectivity index (χ1v) is 6.19. The van der Waals surface area contributed by atoms with Crippen LogP contribution in [0.1, 0.15) is 5.56 Å². The summed E-state index contributed by atoms with van der Waals surface area (Å²) in [6, 6.07) is 14.4. The van der Waals surface area contributed by atoms with Crippen molar-refractivity contribution in [3.05, 3.63) is 64.1 Å². The zero-order chi connectivity index (χ0) is 13.0. The zero-order valence-corrected chi connectivity index (χ0v) is 11.0. The Labute approximate surface area is 116 Å². The summed E-state index contributed by atoms with van der Waals surface area (Å²) >= 11 is 11.8. The van der Waals surface area contributed by atoms with Crippen LogP contribution in [-0.4, -0.2) is 5.91 Å². The molecule has 4 heteroatoms. The molecule has 0 aliphatic rings. The Hall–Kier alpha value is -1.51. The molecule has 2 aromatic carbocycles. The molecule has 2 rings (SSSR count). The molecule has 18 heavy (non-hydrogen) atoms. The third-order valence-electron chi connectivity index (χ3n) is 2.42. The highest BCUT2D eigenvalue weighted by Crippen LogP contribution is 2.21. The first-order chi connectivity index (χ1) is 8.65. The summed E-state index contributed by atoms with van der Waals surface area (Å²) in [6.45, 7) is 0. The Bertz CT molecular complexity index is 555. The summed E-state index contributed by atoms with van der Waals surface area (Å²) in [5.74, 6) is -0.106. The lowest BCUT2D eigenvalue weighted by Crippen LogP contribution is -2.14. The van der Waals surface area contributed by atoms with E-state index in [2.05, 4.69) is 5.32 Å². The van der Waals surface area contributed by atoms with E-state index < -0.39 is 0 Å². The maximum Gasteiger partial charge on any atom is 0.228 e. The standard InChI is InChI=1S/C14H11Cl2NO/c15-11-7-6-10(13(16)9-11)8-14(18)17-12-4-2-1-3-5-12/h1-7,9H,8H2,(H,17,18). The van der Waals surface area contributed by atoms with Crippen LogP contribution in [0.5, 0.6) is 0 Å². The Morgan fingerprint density at radius 3 is 2.44 bits per heavy atom. The van der Waals surface area contributed by atoms with E-state index in [0.717, 1.165) is 11.3 Å². The van der Waals surface area contributed by atoms with E-state index in [1.54, 1.807) is 18.2 Å². The van der Waals surface area contributed by atoms with Crippen LogP contribution in [0.15, 0.2) is 48.5 Å². The van der Waals surface area contributed by atoms with Gasteiger partial charge in [0.25, 0.3) is 0 Å². The van der Waals surface area contributed by atoms with Gasteiger partial charge < -0.3 is 5.32 Å². The average molecular weight is 280 g/mol. The van der Waals surface area contributed by atoms with Crippen LogP contribution in [-0.2, 0) is 11.2 Å². The number of anilines is 1. The van der Waals surface area contributed by atoms with E-state index in [1.807, 2.05) is 30.3 Å². The maximum atomic E-state index is 11.8. The van der Waals surface area contributed by atoms with Gasteiger partial charge in [-0.2, -0.15) is 0 Å². The van der Waals surface area contributed by atoms with Crippen LogP contribution >= 0.6 is 23.2 Å². The molecule has 92 valence electrons. The summed E-state index contributed by atoms with van der Waals surface area (Å²) in [5.41, 5.74) is 1.53. The largest absolute Gasteiger partial charge is 0.326 e. The Balaban J connectivity index is 2.03. The molecule has 1 amide bonds. The Morgan fingerprint density at radius 1 is 1.06 bits per heavy atom. The average Bonchev–Trinajstić information content (AvgIpc) is 2.34. The molecule has 2 nitrogen and oxygen atoms in total. The minimum Gasteiger partial charge on any atom is -0.326 e. The first kappa shape index (κ1) is 12.9. The monoisotopic (exact) mass is 279 g/mol. The highest BCUT2D eigenvalue weighted by atomic mass is 35.5. The quantitative estimate of drug-likeness (QED) is 0.898. The Morgan fingerprint density at radius 2 is 1.78 bits per heavy atom. The lowest BCUT2D eigenvalue weighted by Gasteiger charge is -2.06. The fourth-order valence-electron chi connectivity index (χ4n) is 1.56. The van der Waals surface area contributed by atoms with Gasteiger partial charge in [-0.3, -0.25) is 4.79 Å². The van der Waals surface area contributed by atoms with Gasteiger partial charge in [-0.15, -0.1) is 0 Å². The number of amides is 1. The van der Waals surface area contributed by atoms with Crippen molar-refractivity contribution in [3.63, 3.8) is 0 Å². The number of hydrogen-bond donors (Lipinski definition) is 1. The van der Waals surface area contributed by atoms with Gasteiger partial charge in [0, 0.05) is 15.7 Å². The van der Waals surface area contributed by atoms with Crippen molar-refractivity contribution in [1.82, 2.24) is 0 Å². The molecule has 0 aliphatic carbocycles. The van der Waals surface area contributed by atoms with Crippen molar-refractivity contribution in [3.8, 4) is 0 Å². The number of halogens is 2. The van der Waals surface area contributed by atoms with Gasteiger partial charge in [0.05, 0.1) is 6.42 Å². The minimum atomic E-state index is -0.106. The van der Waals surface area contributed by atoms with Crippen molar-refractivity contribution in [2.45, 2.75) is 6.42 Å². The number of benzene rings is 2. The van der Waals surface area contributed by atoms with Gasteiger partial charge in [-0.05, 0) is 29.8 Å². The van der Waals surface area contributed by atoms with E-state index in [-0.39, 0.29) is 12.3 Å². The molecule has 1 N–H and O–H groups in total. The molecule has 0 spiro atoms. The van der Waals surface area contributed by atoms with Crippen LogP contribution in [0.25, 0.3) is 0 Å². The van der Waals surface area contributed by atoms with E-state index in [4.69, 9.17) is 23.2 Å². The molecular weight excluding hydrogens is 269 g/mol. The summed E-state index contributed by atoms with van der Waals surface area (Å²) < 4.78 is 0. The summed E-state index contributed by atoms with van der Waals surface area (Å²) in [5, 5.41) is 3.87. The van der Waals surface area contributed by atoms with Gasteiger partial charge >= 0.3 is 0 Å². The van der Waals surface area contributed by atoms with E-state index in [0.29, 0.717) is 10.0 Å². The van der Waals surface area contributed by atoms with Gasteiger partial charge in [0.15, 0.2) is 0 Å². The maximum absolute atomic E-state index is 11.8. The van der Waals surface area contributed by atoms with Gasteiger partial charge in [-0.25, -0.2) is 0 Å². The molecule has 0 aromatic heterocycles. The predicted molar refractivity (Wildman–Crippen MR) is 75.2 cm³/mol. The molecule has 0 unspecified atom stereocenters. The molecule has 0 heterocycles. The van der Waals surface area contributed by atoms with E-state index >= 15 is 0 Å². The lowest BCUT2D eigenvalue weighted by molar-refractivity contribution is -0.115. The predicted octanol–water partition coefficient (Wildman–Crippen LogP) is 4.17. The highest BCUT2D eigenvalue weighted by Gasteiger charge is 2.07. The molecule has 0 saturated heterocycles. The third kappa shape index (κ3) is 3.49. The highest BCUT2D eigenvalue weighted by molar-refractivity contribution is 6.35. The van der Waals surface area contributed by atoms with Crippen LogP contribution in [0.4, 0.5) is 5.69 Å². The summed E-state index contributed by atoms with van der Waals surface area (Å²) in [7, 11) is 0. The van der Waals surface area contributed by atoms with Crippen molar-refractivity contribution >= 4 is 34.8 Å². The molecule has 0 bridgehead atoms. The van der Waals surface area contributed by atoms with Crippen molar-refractivity contribution < 1.29 is 4.79 Å². The SMILES string of the molecule is O=C(Cc1ccc(Cl)cc1Cl)Nc1ccccc1. The fourth-order valence-corrected chi connectivity index (χ4v) is 2.04. The van der Waals surface area contributed by atoms with Gasteiger partial charge in [-0.1, -0.05) is 47.5 Å². The second kappa shape index (κ2) is 5.89. The molecule has 0 aliphatic heterocycles. The topological polar surface area (TPSA) is 29.1 Å². The smallest absolute Gasteiger partial charge is 0.228 e. The number of carbonyl (C=O) groups excluding carboxylic acids is 1. The number of hydrogen-bond acceptors (Lipinski definition) is 1. The lowest BCUT2D eigenvalue weighted by atomic mass is 10.1. The summed E-state index contributed by atoms with van der Waals surface area (Å²) in [6.07, 6.45) is 0.227. The van der Waals surface area contributed by atoms with E-state index in [1.165, 1.54) is 0 Å². The van der Waals surface area contributed by atoms with Crippen LogP contribution in [0.2, 0.25) is 10.0 Å². The molecule has 2 aromatic rings. The van der Waals surface area contributed by atoms with Crippen molar-refractivity contribution in [2.24, 2.45) is 0 Å². The summed E-state index contributed by atoms with van der Waals surface area (Å²) in [4.78, 5) is 11.8. The second-order valence-electron chi connectivity index (χ2n) is 3.83. The third-order valence-corrected chi connectivity index (χ3v) is 3.01. The van der Waals surface area contributed by atoms with Crippen LogP contribution in [0.3, 0.4) is 0 Å².